The Morgan fingerprint density at radius 2 is 2.00 bits per heavy atom. The Hall–Kier alpha value is -3.31. The molecule has 0 aliphatic carbocycles. The molecule has 0 bridgehead atoms. The number of sulfonamides is 1. The largest absolute Gasteiger partial charge is 0.497 e. The molecular formula is C16H14N4O6S. The van der Waals surface area contributed by atoms with Crippen molar-refractivity contribution in [2.45, 2.75) is 11.4 Å². The average Bonchev–Trinajstić information content (AvgIpc) is 3.16. The third kappa shape index (κ3) is 4.10. The lowest BCUT2D eigenvalue weighted by molar-refractivity contribution is -0.387. The van der Waals surface area contributed by atoms with Crippen molar-refractivity contribution < 1.29 is 22.6 Å². The van der Waals surface area contributed by atoms with Crippen LogP contribution in [0.25, 0.3) is 11.4 Å². The second-order valence-corrected chi connectivity index (χ2v) is 7.03. The van der Waals surface area contributed by atoms with Gasteiger partial charge < -0.3 is 9.26 Å². The average molecular weight is 390 g/mol. The van der Waals surface area contributed by atoms with Crippen LogP contribution in [-0.2, 0) is 16.6 Å². The number of rotatable bonds is 7. The molecule has 3 aromatic rings. The molecule has 11 heteroatoms. The van der Waals surface area contributed by atoms with Crippen LogP contribution in [0.15, 0.2) is 57.9 Å². The van der Waals surface area contributed by atoms with Gasteiger partial charge in [-0.2, -0.15) is 4.98 Å². The highest BCUT2D eigenvalue weighted by Crippen LogP contribution is 2.23. The maximum Gasteiger partial charge on any atom is 0.289 e. The summed E-state index contributed by atoms with van der Waals surface area (Å²) in [6.45, 7) is -0.314. The molecule has 0 saturated heterocycles. The van der Waals surface area contributed by atoms with Gasteiger partial charge in [-0.3, -0.25) is 10.1 Å². The van der Waals surface area contributed by atoms with E-state index in [-0.39, 0.29) is 18.3 Å². The summed E-state index contributed by atoms with van der Waals surface area (Å²) < 4.78 is 37.1. The second kappa shape index (κ2) is 7.51. The molecule has 10 nitrogen and oxygen atoms in total. The lowest BCUT2D eigenvalue weighted by Crippen LogP contribution is -2.24. The molecular weight excluding hydrogens is 376 g/mol. The number of ether oxygens (including phenoxy) is 1. The van der Waals surface area contributed by atoms with Gasteiger partial charge in [-0.25, -0.2) is 13.1 Å². The highest BCUT2D eigenvalue weighted by atomic mass is 32.2. The molecule has 0 unspecified atom stereocenters. The Bertz CT molecular complexity index is 1080. The van der Waals surface area contributed by atoms with E-state index in [1.165, 1.54) is 19.2 Å². The van der Waals surface area contributed by atoms with E-state index in [0.29, 0.717) is 11.3 Å². The molecule has 27 heavy (non-hydrogen) atoms. The molecule has 0 amide bonds. The Morgan fingerprint density at radius 3 is 2.74 bits per heavy atom. The lowest BCUT2D eigenvalue weighted by Gasteiger charge is -2.05. The smallest absolute Gasteiger partial charge is 0.289 e. The number of benzene rings is 2. The first kappa shape index (κ1) is 18.5. The van der Waals surface area contributed by atoms with Gasteiger partial charge in [0.05, 0.1) is 18.6 Å². The van der Waals surface area contributed by atoms with Crippen molar-refractivity contribution >= 4 is 15.7 Å². The third-order valence-electron chi connectivity index (χ3n) is 3.56. The molecule has 2 aromatic carbocycles. The van der Waals surface area contributed by atoms with Crippen LogP contribution in [0.1, 0.15) is 5.89 Å². The first-order valence-electron chi connectivity index (χ1n) is 7.61. The zero-order chi connectivity index (χ0) is 19.4. The Morgan fingerprint density at radius 1 is 1.22 bits per heavy atom. The van der Waals surface area contributed by atoms with Crippen molar-refractivity contribution in [3.05, 3.63) is 64.5 Å². The fraction of sp³-hybridized carbons (Fsp3) is 0.125. The van der Waals surface area contributed by atoms with Crippen molar-refractivity contribution in [3.63, 3.8) is 0 Å². The minimum absolute atomic E-state index is 0.00924. The van der Waals surface area contributed by atoms with Crippen molar-refractivity contribution in [2.24, 2.45) is 0 Å². The number of aromatic nitrogens is 2. The fourth-order valence-electron chi connectivity index (χ4n) is 2.28. The van der Waals surface area contributed by atoms with Crippen LogP contribution >= 0.6 is 0 Å². The van der Waals surface area contributed by atoms with Gasteiger partial charge in [-0.15, -0.1) is 0 Å². The summed E-state index contributed by atoms with van der Waals surface area (Å²) in [5.41, 5.74) is 0.110. The first-order valence-corrected chi connectivity index (χ1v) is 9.09. The van der Waals surface area contributed by atoms with Crippen LogP contribution in [0.4, 0.5) is 5.69 Å². The number of hydrogen-bond acceptors (Lipinski definition) is 8. The Labute approximate surface area is 154 Å². The van der Waals surface area contributed by atoms with Crippen molar-refractivity contribution in [3.8, 4) is 17.1 Å². The Balaban J connectivity index is 1.78. The van der Waals surface area contributed by atoms with E-state index >= 15 is 0 Å². The van der Waals surface area contributed by atoms with Gasteiger partial charge in [0.15, 0.2) is 4.90 Å². The van der Waals surface area contributed by atoms with Crippen molar-refractivity contribution in [1.29, 1.82) is 0 Å². The van der Waals surface area contributed by atoms with Crippen LogP contribution in [-0.4, -0.2) is 30.6 Å². The fourth-order valence-corrected chi connectivity index (χ4v) is 3.42. The predicted octanol–water partition coefficient (Wildman–Crippen LogP) is 2.13. The van der Waals surface area contributed by atoms with E-state index in [9.17, 15) is 18.5 Å². The predicted molar refractivity (Wildman–Crippen MR) is 93.4 cm³/mol. The van der Waals surface area contributed by atoms with Crippen LogP contribution in [0.5, 0.6) is 5.75 Å². The van der Waals surface area contributed by atoms with Crippen LogP contribution in [0, 0.1) is 10.1 Å². The second-order valence-electron chi connectivity index (χ2n) is 5.29. The zero-order valence-electron chi connectivity index (χ0n) is 14.0. The molecule has 0 aliphatic rings. The highest BCUT2D eigenvalue weighted by Gasteiger charge is 2.25. The van der Waals surface area contributed by atoms with E-state index in [4.69, 9.17) is 9.26 Å². The third-order valence-corrected chi connectivity index (χ3v) is 5.01. The number of nitro groups is 1. The van der Waals surface area contributed by atoms with Gasteiger partial charge in [0.25, 0.3) is 5.69 Å². The number of nitro benzene ring substituents is 1. The van der Waals surface area contributed by atoms with Crippen LogP contribution in [0.2, 0.25) is 0 Å². The number of methoxy groups -OCH3 is 1. The van der Waals surface area contributed by atoms with Gasteiger partial charge in [0.2, 0.25) is 21.7 Å². The number of nitrogens with one attached hydrogen (secondary N) is 1. The molecule has 0 fully saturated rings. The quantitative estimate of drug-likeness (QED) is 0.478. The molecule has 1 heterocycles. The summed E-state index contributed by atoms with van der Waals surface area (Å²) in [7, 11) is -2.61. The summed E-state index contributed by atoms with van der Waals surface area (Å²) in [5.74, 6) is 0.875. The number of nitrogens with zero attached hydrogens (tertiary/aromatic N) is 3. The van der Waals surface area contributed by atoms with Gasteiger partial charge in [0.1, 0.15) is 5.75 Å². The topological polar surface area (TPSA) is 137 Å². The molecule has 140 valence electrons. The minimum Gasteiger partial charge on any atom is -0.497 e. The summed E-state index contributed by atoms with van der Waals surface area (Å²) in [5, 5.41) is 14.8. The van der Waals surface area contributed by atoms with E-state index in [1.54, 1.807) is 24.3 Å². The first-order chi connectivity index (χ1) is 12.9. The molecule has 0 radical (unpaired) electrons. The standard InChI is InChI=1S/C16H14N4O6S/c1-25-12-6-4-5-11(9-12)16-18-15(26-19-16)10-17-27(23,24)14-8-3-2-7-13(14)20(21)22/h2-9,17H,10H2,1H3. The highest BCUT2D eigenvalue weighted by molar-refractivity contribution is 7.89. The van der Waals surface area contributed by atoms with E-state index < -0.39 is 25.5 Å². The van der Waals surface area contributed by atoms with E-state index in [0.717, 1.165) is 12.1 Å². The van der Waals surface area contributed by atoms with Crippen LogP contribution in [0.3, 0.4) is 0 Å². The zero-order valence-corrected chi connectivity index (χ0v) is 14.8. The lowest BCUT2D eigenvalue weighted by atomic mass is 10.2. The summed E-state index contributed by atoms with van der Waals surface area (Å²) in [6.07, 6.45) is 0. The van der Waals surface area contributed by atoms with Crippen molar-refractivity contribution in [1.82, 2.24) is 14.9 Å². The Kier molecular flexibility index (Phi) is 5.14. The summed E-state index contributed by atoms with van der Waals surface area (Å²) >= 11 is 0. The molecule has 0 aliphatic heterocycles. The van der Waals surface area contributed by atoms with Gasteiger partial charge in [-0.1, -0.05) is 29.4 Å². The minimum atomic E-state index is -4.14. The molecule has 1 N–H and O–H groups in total. The SMILES string of the molecule is COc1cccc(-c2noc(CNS(=O)(=O)c3ccccc3[N+](=O)[O-])n2)c1. The maximum absolute atomic E-state index is 12.4. The molecule has 0 spiro atoms. The molecule has 0 atom stereocenters. The van der Waals surface area contributed by atoms with Gasteiger partial charge in [0, 0.05) is 11.6 Å². The maximum atomic E-state index is 12.4. The van der Waals surface area contributed by atoms with Gasteiger partial charge in [-0.05, 0) is 18.2 Å². The van der Waals surface area contributed by atoms with Crippen LogP contribution < -0.4 is 9.46 Å². The molecule has 0 saturated carbocycles. The van der Waals surface area contributed by atoms with Crippen molar-refractivity contribution in [2.75, 3.05) is 7.11 Å². The molecule has 1 aromatic heterocycles. The monoisotopic (exact) mass is 390 g/mol. The number of para-hydroxylation sites is 1. The normalized spacial score (nSPS) is 11.3. The van der Waals surface area contributed by atoms with Gasteiger partial charge >= 0.3 is 0 Å². The summed E-state index contributed by atoms with van der Waals surface area (Å²) in [6, 6.07) is 12.0. The summed E-state index contributed by atoms with van der Waals surface area (Å²) in [4.78, 5) is 13.9. The number of hydrogen-bond donors (Lipinski definition) is 1. The van der Waals surface area contributed by atoms with E-state index in [2.05, 4.69) is 14.9 Å². The molecule has 3 rings (SSSR count). The van der Waals surface area contributed by atoms with E-state index in [1.807, 2.05) is 0 Å².